The second-order valence-electron chi connectivity index (χ2n) is 7.13. The van der Waals surface area contributed by atoms with Crippen LogP contribution in [0.3, 0.4) is 0 Å². The molecule has 2 aromatic carbocycles. The van der Waals surface area contributed by atoms with Crippen molar-refractivity contribution in [3.8, 4) is 0 Å². The highest BCUT2D eigenvalue weighted by Crippen LogP contribution is 2.40. The predicted octanol–water partition coefficient (Wildman–Crippen LogP) is 2.92. The number of hydrogen-bond donors (Lipinski definition) is 3. The number of carbonyl (C=O) groups excluding carboxylic acids is 3. The van der Waals surface area contributed by atoms with Crippen LogP contribution in [0.1, 0.15) is 13.3 Å². The summed E-state index contributed by atoms with van der Waals surface area (Å²) < 4.78 is 0. The molecule has 3 N–H and O–H groups in total. The topological polar surface area (TPSA) is 90.5 Å². The number of benzene rings is 2. The van der Waals surface area contributed by atoms with Crippen LogP contribution in [0.2, 0.25) is 0 Å². The maximum absolute atomic E-state index is 12.4. The maximum atomic E-state index is 12.4. The lowest BCUT2D eigenvalue weighted by Gasteiger charge is -2.13. The van der Waals surface area contributed by atoms with Crippen molar-refractivity contribution in [2.75, 3.05) is 34.9 Å². The zero-order chi connectivity index (χ0) is 20.3. The number of amides is 3. The minimum Gasteiger partial charge on any atom is -0.378 e. The zero-order valence-corrected chi connectivity index (χ0v) is 16.2. The summed E-state index contributed by atoms with van der Waals surface area (Å²) in [5, 5.41) is 8.35. The quantitative estimate of drug-likeness (QED) is 0.719. The molecule has 2 unspecified atom stereocenters. The van der Waals surface area contributed by atoms with E-state index in [-0.39, 0.29) is 29.6 Å². The summed E-state index contributed by atoms with van der Waals surface area (Å²) in [6, 6.07) is 14.4. The molecule has 3 amide bonds. The Morgan fingerprint density at radius 1 is 0.750 bits per heavy atom. The highest BCUT2D eigenvalue weighted by Gasteiger charge is 2.48. The van der Waals surface area contributed by atoms with Gasteiger partial charge in [0.05, 0.1) is 11.8 Å². The van der Waals surface area contributed by atoms with Crippen molar-refractivity contribution in [2.24, 2.45) is 11.8 Å². The average Bonchev–Trinajstić information content (AvgIpc) is 3.44. The molecule has 2 aromatic rings. The van der Waals surface area contributed by atoms with Crippen molar-refractivity contribution in [3.63, 3.8) is 0 Å². The van der Waals surface area contributed by atoms with Crippen LogP contribution >= 0.6 is 0 Å². The first-order valence-electron chi connectivity index (χ1n) is 9.10. The monoisotopic (exact) mass is 380 g/mol. The minimum atomic E-state index is -0.323. The first kappa shape index (κ1) is 19.4. The van der Waals surface area contributed by atoms with Crippen molar-refractivity contribution in [2.45, 2.75) is 13.3 Å². The Balaban J connectivity index is 1.50. The molecule has 146 valence electrons. The van der Waals surface area contributed by atoms with Crippen LogP contribution in [-0.4, -0.2) is 31.8 Å². The molecule has 28 heavy (non-hydrogen) atoms. The third-order valence-electron chi connectivity index (χ3n) is 4.59. The van der Waals surface area contributed by atoms with Crippen molar-refractivity contribution >= 4 is 40.5 Å². The summed E-state index contributed by atoms with van der Waals surface area (Å²) in [5.74, 6) is -1.10. The molecule has 0 radical (unpaired) electrons. The van der Waals surface area contributed by atoms with E-state index >= 15 is 0 Å². The van der Waals surface area contributed by atoms with Gasteiger partial charge in [0.15, 0.2) is 0 Å². The summed E-state index contributed by atoms with van der Waals surface area (Å²) in [6.45, 7) is 1.44. The van der Waals surface area contributed by atoms with E-state index in [0.29, 0.717) is 17.8 Å². The van der Waals surface area contributed by atoms with Crippen LogP contribution in [0.15, 0.2) is 48.5 Å². The first-order chi connectivity index (χ1) is 13.3. The maximum Gasteiger partial charge on any atom is 0.228 e. The largest absolute Gasteiger partial charge is 0.378 e. The Morgan fingerprint density at radius 3 is 1.54 bits per heavy atom. The van der Waals surface area contributed by atoms with Crippen molar-refractivity contribution in [3.05, 3.63) is 48.5 Å². The van der Waals surface area contributed by atoms with E-state index in [0.717, 1.165) is 11.4 Å². The van der Waals surface area contributed by atoms with Gasteiger partial charge < -0.3 is 20.9 Å². The third-order valence-corrected chi connectivity index (χ3v) is 4.59. The molecule has 2 atom stereocenters. The van der Waals surface area contributed by atoms with Gasteiger partial charge in [-0.2, -0.15) is 0 Å². The Kier molecular flexibility index (Phi) is 5.63. The van der Waals surface area contributed by atoms with Crippen LogP contribution in [0.4, 0.5) is 22.7 Å². The molecule has 1 fully saturated rings. The molecule has 0 bridgehead atoms. The molecule has 1 aliphatic carbocycles. The average molecular weight is 380 g/mol. The Morgan fingerprint density at radius 2 is 1.14 bits per heavy atom. The minimum absolute atomic E-state index is 0.140. The van der Waals surface area contributed by atoms with Crippen LogP contribution in [0, 0.1) is 11.8 Å². The standard InChI is InChI=1S/C21H24N4O3/c1-13(26)22-14-4-6-15(7-5-14)23-20(27)18-12-19(18)21(28)24-16-8-10-17(11-9-16)25(2)3/h4-11,18-19H,12H2,1-3H3,(H,22,26)(H,23,27)(H,24,28). The number of nitrogens with zero attached hydrogens (tertiary/aromatic N) is 1. The molecule has 0 saturated heterocycles. The lowest BCUT2D eigenvalue weighted by Crippen LogP contribution is -2.20. The van der Waals surface area contributed by atoms with Gasteiger partial charge in [-0.25, -0.2) is 0 Å². The van der Waals surface area contributed by atoms with E-state index in [1.165, 1.54) is 6.92 Å². The summed E-state index contributed by atoms with van der Waals surface area (Å²) in [7, 11) is 3.91. The van der Waals surface area contributed by atoms with Gasteiger partial charge in [-0.15, -0.1) is 0 Å². The number of carbonyl (C=O) groups is 3. The van der Waals surface area contributed by atoms with Crippen molar-refractivity contribution in [1.29, 1.82) is 0 Å². The smallest absolute Gasteiger partial charge is 0.228 e. The van der Waals surface area contributed by atoms with Gasteiger partial charge in [-0.05, 0) is 55.0 Å². The fourth-order valence-corrected chi connectivity index (χ4v) is 2.93. The molecule has 3 rings (SSSR count). The summed E-state index contributed by atoms with van der Waals surface area (Å²) in [5.41, 5.74) is 3.06. The third kappa shape index (κ3) is 4.88. The van der Waals surface area contributed by atoms with E-state index in [9.17, 15) is 14.4 Å². The normalized spacial score (nSPS) is 17.4. The highest BCUT2D eigenvalue weighted by atomic mass is 16.2. The van der Waals surface area contributed by atoms with Gasteiger partial charge in [0, 0.05) is 43.8 Å². The van der Waals surface area contributed by atoms with Crippen LogP contribution < -0.4 is 20.9 Å². The van der Waals surface area contributed by atoms with E-state index in [1.54, 1.807) is 24.3 Å². The molecule has 7 nitrogen and oxygen atoms in total. The van der Waals surface area contributed by atoms with Gasteiger partial charge >= 0.3 is 0 Å². The molecule has 1 aliphatic rings. The van der Waals surface area contributed by atoms with Crippen molar-refractivity contribution < 1.29 is 14.4 Å². The van der Waals surface area contributed by atoms with E-state index in [2.05, 4.69) is 16.0 Å². The number of nitrogens with one attached hydrogen (secondary N) is 3. The van der Waals surface area contributed by atoms with E-state index < -0.39 is 0 Å². The molecule has 7 heteroatoms. The first-order valence-corrected chi connectivity index (χ1v) is 9.10. The Labute approximate surface area is 164 Å². The molecule has 0 spiro atoms. The van der Waals surface area contributed by atoms with Gasteiger partial charge in [-0.3, -0.25) is 14.4 Å². The summed E-state index contributed by atoms with van der Waals surface area (Å²) >= 11 is 0. The van der Waals surface area contributed by atoms with Crippen LogP contribution in [0.5, 0.6) is 0 Å². The van der Waals surface area contributed by atoms with Crippen LogP contribution in [-0.2, 0) is 14.4 Å². The van der Waals surface area contributed by atoms with Gasteiger partial charge in [-0.1, -0.05) is 0 Å². The summed E-state index contributed by atoms with van der Waals surface area (Å²) in [6.07, 6.45) is 0.539. The fourth-order valence-electron chi connectivity index (χ4n) is 2.93. The van der Waals surface area contributed by atoms with Gasteiger partial charge in [0.25, 0.3) is 0 Å². The second kappa shape index (κ2) is 8.12. The predicted molar refractivity (Wildman–Crippen MR) is 110 cm³/mol. The SMILES string of the molecule is CC(=O)Nc1ccc(NC(=O)C2CC2C(=O)Nc2ccc(N(C)C)cc2)cc1. The Hall–Kier alpha value is -3.35. The van der Waals surface area contributed by atoms with Crippen LogP contribution in [0.25, 0.3) is 0 Å². The zero-order valence-electron chi connectivity index (χ0n) is 16.2. The molecule has 0 aromatic heterocycles. The van der Waals surface area contributed by atoms with Gasteiger partial charge in [0.2, 0.25) is 17.7 Å². The number of hydrogen-bond acceptors (Lipinski definition) is 4. The lowest BCUT2D eigenvalue weighted by atomic mass is 10.2. The molecule has 1 saturated carbocycles. The fraction of sp³-hybridized carbons (Fsp3) is 0.286. The van der Waals surface area contributed by atoms with E-state index in [1.807, 2.05) is 43.3 Å². The molecule has 0 heterocycles. The van der Waals surface area contributed by atoms with Gasteiger partial charge in [0.1, 0.15) is 0 Å². The molecular weight excluding hydrogens is 356 g/mol. The number of anilines is 4. The van der Waals surface area contributed by atoms with Crippen molar-refractivity contribution in [1.82, 2.24) is 0 Å². The van der Waals surface area contributed by atoms with E-state index in [4.69, 9.17) is 0 Å². The summed E-state index contributed by atoms with van der Waals surface area (Å²) in [4.78, 5) is 37.7. The number of rotatable bonds is 6. The molecular formula is C21H24N4O3. The Bertz CT molecular complexity index is 876. The highest BCUT2D eigenvalue weighted by molar-refractivity contribution is 6.03. The second-order valence-corrected chi connectivity index (χ2v) is 7.13. The lowest BCUT2D eigenvalue weighted by molar-refractivity contribution is -0.122. The molecule has 0 aliphatic heterocycles.